The Morgan fingerprint density at radius 2 is 2.00 bits per heavy atom. The van der Waals surface area contributed by atoms with Gasteiger partial charge < -0.3 is 10.1 Å². The van der Waals surface area contributed by atoms with Gasteiger partial charge in [0.15, 0.2) is 5.69 Å². The number of nitrogens with zero attached hydrogens (tertiary/aromatic N) is 3. The molecule has 0 atom stereocenters. The summed E-state index contributed by atoms with van der Waals surface area (Å²) in [4.78, 5) is 12.3. The number of hydrogen-bond acceptors (Lipinski definition) is 4. The normalized spacial score (nSPS) is 10.5. The van der Waals surface area contributed by atoms with Crippen LogP contribution in [0.4, 0.5) is 0 Å². The number of aromatic nitrogens is 3. The van der Waals surface area contributed by atoms with Gasteiger partial charge in [-0.15, -0.1) is 5.10 Å². The Hall–Kier alpha value is -3.15. The highest BCUT2D eigenvalue weighted by Crippen LogP contribution is 2.19. The van der Waals surface area contributed by atoms with Gasteiger partial charge in [0.1, 0.15) is 5.75 Å². The summed E-state index contributed by atoms with van der Waals surface area (Å²) in [6.07, 6.45) is 2.35. The zero-order valence-electron chi connectivity index (χ0n) is 15.0. The van der Waals surface area contributed by atoms with E-state index in [1.807, 2.05) is 49.4 Å². The molecule has 0 bridgehead atoms. The van der Waals surface area contributed by atoms with Crippen molar-refractivity contribution in [3.63, 3.8) is 0 Å². The third-order valence-electron chi connectivity index (χ3n) is 4.07. The van der Waals surface area contributed by atoms with Crippen LogP contribution in [0.5, 0.6) is 5.75 Å². The van der Waals surface area contributed by atoms with Crippen molar-refractivity contribution in [3.05, 3.63) is 77.1 Å². The number of carbonyl (C=O) groups excluding carboxylic acids is 1. The van der Waals surface area contributed by atoms with Gasteiger partial charge in [-0.2, -0.15) is 0 Å². The van der Waals surface area contributed by atoms with Gasteiger partial charge in [-0.25, -0.2) is 4.68 Å². The molecule has 3 rings (SSSR count). The lowest BCUT2D eigenvalue weighted by Crippen LogP contribution is -2.26. The Balaban J connectivity index is 1.55. The molecule has 0 aliphatic carbocycles. The Bertz CT molecular complexity index is 875. The molecule has 1 N–H and O–H groups in total. The fourth-order valence-corrected chi connectivity index (χ4v) is 2.75. The zero-order valence-corrected chi connectivity index (χ0v) is 15.0. The lowest BCUT2D eigenvalue weighted by atomic mass is 10.1. The van der Waals surface area contributed by atoms with Crippen molar-refractivity contribution < 1.29 is 9.53 Å². The van der Waals surface area contributed by atoms with Crippen molar-refractivity contribution in [2.24, 2.45) is 0 Å². The number of carbonyl (C=O) groups is 1. The molecule has 0 aliphatic rings. The van der Waals surface area contributed by atoms with Crippen molar-refractivity contribution in [2.75, 3.05) is 13.7 Å². The smallest absolute Gasteiger partial charge is 0.273 e. The van der Waals surface area contributed by atoms with Crippen LogP contribution in [-0.2, 0) is 13.0 Å². The second-order valence-electron chi connectivity index (χ2n) is 6.11. The number of ether oxygens (including phenoxy) is 1. The SMILES string of the molecule is COc1ccc(C)cc1CCNC(=O)c1cn(Cc2ccccc2)nn1. The molecule has 2 aromatic carbocycles. The minimum absolute atomic E-state index is 0.226. The average molecular weight is 350 g/mol. The monoisotopic (exact) mass is 350 g/mol. The van der Waals surface area contributed by atoms with E-state index in [1.54, 1.807) is 18.0 Å². The summed E-state index contributed by atoms with van der Waals surface area (Å²) < 4.78 is 7.02. The van der Waals surface area contributed by atoms with Crippen LogP contribution in [-0.4, -0.2) is 34.6 Å². The molecule has 0 radical (unpaired) electrons. The molecule has 0 saturated heterocycles. The van der Waals surface area contributed by atoms with Crippen LogP contribution in [0, 0.1) is 6.92 Å². The third kappa shape index (κ3) is 4.47. The molecule has 26 heavy (non-hydrogen) atoms. The summed E-state index contributed by atoms with van der Waals surface area (Å²) >= 11 is 0. The fourth-order valence-electron chi connectivity index (χ4n) is 2.75. The first-order chi connectivity index (χ1) is 12.7. The Morgan fingerprint density at radius 3 is 2.77 bits per heavy atom. The minimum atomic E-state index is -0.226. The summed E-state index contributed by atoms with van der Waals surface area (Å²) in [5.41, 5.74) is 3.66. The highest BCUT2D eigenvalue weighted by atomic mass is 16.5. The second kappa shape index (κ2) is 8.29. The van der Waals surface area contributed by atoms with Crippen LogP contribution >= 0.6 is 0 Å². The minimum Gasteiger partial charge on any atom is -0.496 e. The van der Waals surface area contributed by atoms with E-state index in [0.29, 0.717) is 25.2 Å². The molecule has 6 nitrogen and oxygen atoms in total. The van der Waals surface area contributed by atoms with E-state index in [4.69, 9.17) is 4.74 Å². The molecule has 6 heteroatoms. The summed E-state index contributed by atoms with van der Waals surface area (Å²) in [6.45, 7) is 3.12. The molecule has 0 unspecified atom stereocenters. The predicted molar refractivity (Wildman–Crippen MR) is 99.3 cm³/mol. The first-order valence-electron chi connectivity index (χ1n) is 8.51. The van der Waals surface area contributed by atoms with Crippen molar-refractivity contribution in [2.45, 2.75) is 19.9 Å². The van der Waals surface area contributed by atoms with Crippen LogP contribution < -0.4 is 10.1 Å². The second-order valence-corrected chi connectivity index (χ2v) is 6.11. The van der Waals surface area contributed by atoms with Gasteiger partial charge in [0, 0.05) is 6.54 Å². The van der Waals surface area contributed by atoms with E-state index in [9.17, 15) is 4.79 Å². The van der Waals surface area contributed by atoms with Crippen LogP contribution in [0.15, 0.2) is 54.7 Å². The summed E-state index contributed by atoms with van der Waals surface area (Å²) in [5.74, 6) is 0.606. The Kier molecular flexibility index (Phi) is 5.63. The van der Waals surface area contributed by atoms with E-state index >= 15 is 0 Å². The predicted octanol–water partition coefficient (Wildman–Crippen LogP) is 2.62. The van der Waals surface area contributed by atoms with Crippen LogP contribution in [0.1, 0.15) is 27.2 Å². The molecule has 0 saturated carbocycles. The van der Waals surface area contributed by atoms with Gasteiger partial charge >= 0.3 is 0 Å². The molecule has 1 amide bonds. The molecule has 3 aromatic rings. The van der Waals surface area contributed by atoms with E-state index in [-0.39, 0.29) is 5.91 Å². The van der Waals surface area contributed by atoms with E-state index in [2.05, 4.69) is 21.7 Å². The van der Waals surface area contributed by atoms with Crippen molar-refractivity contribution in [1.29, 1.82) is 0 Å². The number of amides is 1. The van der Waals surface area contributed by atoms with Gasteiger partial charge in [0.2, 0.25) is 0 Å². The molecule has 0 fully saturated rings. The number of benzene rings is 2. The summed E-state index contributed by atoms with van der Waals surface area (Å²) in [6, 6.07) is 16.0. The average Bonchev–Trinajstić information content (AvgIpc) is 3.11. The van der Waals surface area contributed by atoms with E-state index < -0.39 is 0 Å². The molecule has 134 valence electrons. The van der Waals surface area contributed by atoms with Crippen LogP contribution in [0.2, 0.25) is 0 Å². The van der Waals surface area contributed by atoms with Gasteiger partial charge in [0.05, 0.1) is 19.9 Å². The summed E-state index contributed by atoms with van der Waals surface area (Å²) in [7, 11) is 1.65. The Labute approximate surface area is 152 Å². The standard InChI is InChI=1S/C20H22N4O2/c1-15-8-9-19(26-2)17(12-15)10-11-21-20(25)18-14-24(23-22-18)13-16-6-4-3-5-7-16/h3-9,12,14H,10-11,13H2,1-2H3,(H,21,25). The molecule has 1 heterocycles. The lowest BCUT2D eigenvalue weighted by molar-refractivity contribution is 0.0949. The number of nitrogens with one attached hydrogen (secondary N) is 1. The third-order valence-corrected chi connectivity index (χ3v) is 4.07. The largest absolute Gasteiger partial charge is 0.496 e. The highest BCUT2D eigenvalue weighted by Gasteiger charge is 2.11. The molecular formula is C20H22N4O2. The quantitative estimate of drug-likeness (QED) is 0.711. The fraction of sp³-hybridized carbons (Fsp3) is 0.250. The molecular weight excluding hydrogens is 328 g/mol. The molecule has 0 aliphatic heterocycles. The first kappa shape index (κ1) is 17.7. The maximum Gasteiger partial charge on any atom is 0.273 e. The maximum atomic E-state index is 12.3. The number of rotatable bonds is 7. The topological polar surface area (TPSA) is 69.0 Å². The van der Waals surface area contributed by atoms with Gasteiger partial charge in [-0.1, -0.05) is 53.2 Å². The first-order valence-corrected chi connectivity index (χ1v) is 8.51. The van der Waals surface area contributed by atoms with Gasteiger partial charge in [-0.05, 0) is 30.5 Å². The van der Waals surface area contributed by atoms with E-state index in [0.717, 1.165) is 22.4 Å². The number of methoxy groups -OCH3 is 1. The van der Waals surface area contributed by atoms with Gasteiger partial charge in [0.25, 0.3) is 5.91 Å². The number of aryl methyl sites for hydroxylation is 1. The summed E-state index contributed by atoms with van der Waals surface area (Å²) in [5, 5.41) is 10.9. The molecule has 1 aromatic heterocycles. The highest BCUT2D eigenvalue weighted by molar-refractivity contribution is 5.91. The maximum absolute atomic E-state index is 12.3. The molecule has 0 spiro atoms. The van der Waals surface area contributed by atoms with Crippen LogP contribution in [0.3, 0.4) is 0 Å². The van der Waals surface area contributed by atoms with Crippen molar-refractivity contribution in [1.82, 2.24) is 20.3 Å². The Morgan fingerprint density at radius 1 is 1.19 bits per heavy atom. The number of hydrogen-bond donors (Lipinski definition) is 1. The lowest BCUT2D eigenvalue weighted by Gasteiger charge is -2.09. The van der Waals surface area contributed by atoms with Crippen molar-refractivity contribution >= 4 is 5.91 Å². The van der Waals surface area contributed by atoms with E-state index in [1.165, 1.54) is 0 Å². The zero-order chi connectivity index (χ0) is 18.4. The van der Waals surface area contributed by atoms with Crippen LogP contribution in [0.25, 0.3) is 0 Å². The van der Waals surface area contributed by atoms with Crippen molar-refractivity contribution in [3.8, 4) is 5.75 Å². The van der Waals surface area contributed by atoms with Gasteiger partial charge in [-0.3, -0.25) is 4.79 Å².